The van der Waals surface area contributed by atoms with E-state index in [9.17, 15) is 9.18 Å². The van der Waals surface area contributed by atoms with Crippen LogP contribution in [0.1, 0.15) is 10.4 Å². The van der Waals surface area contributed by atoms with Gasteiger partial charge < -0.3 is 0 Å². The van der Waals surface area contributed by atoms with Gasteiger partial charge in [-0.25, -0.2) is 10.8 Å². The smallest absolute Gasteiger partial charge is 0.266 e. The van der Waals surface area contributed by atoms with Gasteiger partial charge in [-0.1, -0.05) is 0 Å². The Kier molecular flexibility index (Phi) is 2.12. The molecule has 0 radical (unpaired) electrons. The molecule has 0 spiro atoms. The van der Waals surface area contributed by atoms with Crippen molar-refractivity contribution in [1.29, 1.82) is 0 Å². The van der Waals surface area contributed by atoms with E-state index < -0.39 is 11.9 Å². The summed E-state index contributed by atoms with van der Waals surface area (Å²) in [6.45, 7) is 0. The molecule has 1 amide bonds. The number of carbonyl (C=O) groups is 1. The van der Waals surface area contributed by atoms with Crippen molar-refractivity contribution in [2.75, 3.05) is 0 Å². The molecule has 5 heteroatoms. The summed E-state index contributed by atoms with van der Waals surface area (Å²) in [5.41, 5.74) is 2.13. The molecule has 0 aliphatic heterocycles. The van der Waals surface area contributed by atoms with E-state index in [0.29, 0.717) is 0 Å². The minimum absolute atomic E-state index is 0.230. The molecule has 0 aliphatic rings. The lowest BCUT2D eigenvalue weighted by atomic mass is 10.3. The number of hydrogen-bond donors (Lipinski definition) is 2. The van der Waals surface area contributed by atoms with Gasteiger partial charge in [-0.3, -0.25) is 10.2 Å². The highest BCUT2D eigenvalue weighted by molar-refractivity contribution is 5.93. The van der Waals surface area contributed by atoms with Gasteiger partial charge in [0.15, 0.2) is 0 Å². The third kappa shape index (κ3) is 1.71. The van der Waals surface area contributed by atoms with Gasteiger partial charge in [0.25, 0.3) is 5.91 Å². The van der Waals surface area contributed by atoms with Crippen molar-refractivity contribution in [1.82, 2.24) is 10.4 Å². The molecule has 0 bridgehead atoms. The number of carbonyl (C=O) groups excluding carboxylic acids is 1. The van der Waals surface area contributed by atoms with Crippen molar-refractivity contribution in [2.24, 2.45) is 5.84 Å². The second-order valence-electron chi connectivity index (χ2n) is 1.84. The number of hydrogen-bond acceptors (Lipinski definition) is 3. The molecule has 0 atom stereocenters. The Labute approximate surface area is 62.2 Å². The number of hydrazine groups is 1. The van der Waals surface area contributed by atoms with Gasteiger partial charge in [0, 0.05) is 6.20 Å². The van der Waals surface area contributed by atoms with Gasteiger partial charge in [0.05, 0.1) is 5.56 Å². The molecule has 11 heavy (non-hydrogen) atoms. The topological polar surface area (TPSA) is 68.0 Å². The van der Waals surface area contributed by atoms with Crippen LogP contribution in [0.4, 0.5) is 4.39 Å². The van der Waals surface area contributed by atoms with Crippen molar-refractivity contribution in [2.45, 2.75) is 0 Å². The fourth-order valence-electron chi connectivity index (χ4n) is 0.593. The molecule has 0 unspecified atom stereocenters. The van der Waals surface area contributed by atoms with Crippen molar-refractivity contribution < 1.29 is 9.18 Å². The number of amides is 1. The van der Waals surface area contributed by atoms with Crippen LogP contribution in [0.15, 0.2) is 18.3 Å². The van der Waals surface area contributed by atoms with E-state index >= 15 is 0 Å². The largest absolute Gasteiger partial charge is 0.290 e. The van der Waals surface area contributed by atoms with Crippen LogP contribution in [0.25, 0.3) is 0 Å². The average Bonchev–Trinajstić information content (AvgIpc) is 2.05. The molecule has 4 nitrogen and oxygen atoms in total. The molecule has 1 aromatic rings. The lowest BCUT2D eigenvalue weighted by Crippen LogP contribution is -2.30. The fraction of sp³-hybridized carbons (Fsp3) is 0. The summed E-state index contributed by atoms with van der Waals surface area (Å²) in [6, 6.07) is 2.38. The normalized spacial score (nSPS) is 9.27. The summed E-state index contributed by atoms with van der Waals surface area (Å²) in [5, 5.41) is 0. The third-order valence-electron chi connectivity index (χ3n) is 1.12. The zero-order valence-corrected chi connectivity index (χ0v) is 5.54. The first-order valence-corrected chi connectivity index (χ1v) is 2.86. The van der Waals surface area contributed by atoms with Crippen molar-refractivity contribution in [3.63, 3.8) is 0 Å². The third-order valence-corrected chi connectivity index (χ3v) is 1.12. The van der Waals surface area contributed by atoms with Crippen LogP contribution < -0.4 is 11.3 Å². The van der Waals surface area contributed by atoms with Crippen LogP contribution in [0.3, 0.4) is 0 Å². The average molecular weight is 155 g/mol. The fourth-order valence-corrected chi connectivity index (χ4v) is 0.593. The van der Waals surface area contributed by atoms with Gasteiger partial charge >= 0.3 is 0 Å². The molecule has 3 N–H and O–H groups in total. The Morgan fingerprint density at radius 1 is 1.64 bits per heavy atom. The van der Waals surface area contributed by atoms with E-state index in [1.165, 1.54) is 6.07 Å². The number of nitrogens with zero attached hydrogens (tertiary/aromatic N) is 1. The second-order valence-corrected chi connectivity index (χ2v) is 1.84. The summed E-state index contributed by atoms with van der Waals surface area (Å²) in [7, 11) is 0. The Bertz CT molecular complexity index is 259. The van der Waals surface area contributed by atoms with Crippen molar-refractivity contribution in [3.8, 4) is 0 Å². The molecule has 1 rings (SSSR count). The monoisotopic (exact) mass is 155 g/mol. The Morgan fingerprint density at radius 3 is 2.82 bits per heavy atom. The summed E-state index contributed by atoms with van der Waals surface area (Å²) in [4.78, 5) is 14.0. The van der Waals surface area contributed by atoms with Gasteiger partial charge in [-0.15, -0.1) is 0 Å². The lowest BCUT2D eigenvalue weighted by Gasteiger charge is -1.96. The molecule has 58 valence electrons. The molecule has 0 aromatic carbocycles. The molecular weight excluding hydrogens is 149 g/mol. The van der Waals surface area contributed by atoms with Crippen molar-refractivity contribution >= 4 is 5.91 Å². The molecule has 0 saturated heterocycles. The van der Waals surface area contributed by atoms with E-state index in [1.54, 1.807) is 0 Å². The van der Waals surface area contributed by atoms with Crippen LogP contribution in [0.2, 0.25) is 0 Å². The standard InChI is InChI=1S/C6H6FN3O/c7-5-2-1-4(3-9-5)6(11)10-8/h1-3H,8H2,(H,10,11). The van der Waals surface area contributed by atoms with E-state index in [2.05, 4.69) is 4.98 Å². The molecule has 1 heterocycles. The maximum Gasteiger partial charge on any atom is 0.266 e. The SMILES string of the molecule is NNC(=O)c1ccc(F)nc1. The van der Waals surface area contributed by atoms with Crippen molar-refractivity contribution in [3.05, 3.63) is 29.8 Å². The van der Waals surface area contributed by atoms with Gasteiger partial charge in [-0.2, -0.15) is 4.39 Å². The minimum atomic E-state index is -0.626. The number of nitrogens with one attached hydrogen (secondary N) is 1. The van der Waals surface area contributed by atoms with Crippen LogP contribution in [-0.4, -0.2) is 10.9 Å². The first kappa shape index (κ1) is 7.62. The molecule has 0 aliphatic carbocycles. The second kappa shape index (κ2) is 3.07. The zero-order valence-electron chi connectivity index (χ0n) is 5.54. The van der Waals surface area contributed by atoms with Gasteiger partial charge in [-0.05, 0) is 12.1 Å². The first-order valence-electron chi connectivity index (χ1n) is 2.86. The van der Waals surface area contributed by atoms with Crippen LogP contribution in [-0.2, 0) is 0 Å². The predicted octanol–water partition coefficient (Wildman–Crippen LogP) is -0.176. The first-order chi connectivity index (χ1) is 5.24. The number of nitrogen functional groups attached to an aromatic ring is 1. The highest BCUT2D eigenvalue weighted by atomic mass is 19.1. The number of nitrogens with two attached hydrogens (primary N) is 1. The number of rotatable bonds is 1. The van der Waals surface area contributed by atoms with Gasteiger partial charge in [0.2, 0.25) is 5.95 Å². The molecule has 0 saturated carbocycles. The van der Waals surface area contributed by atoms with E-state index in [4.69, 9.17) is 5.84 Å². The Morgan fingerprint density at radius 2 is 2.36 bits per heavy atom. The quantitative estimate of drug-likeness (QED) is 0.256. The summed E-state index contributed by atoms with van der Waals surface area (Å²) in [6.07, 6.45) is 1.11. The summed E-state index contributed by atoms with van der Waals surface area (Å²) >= 11 is 0. The van der Waals surface area contributed by atoms with E-state index in [1.807, 2.05) is 5.43 Å². The highest BCUT2D eigenvalue weighted by Crippen LogP contribution is 1.97. The summed E-state index contributed by atoms with van der Waals surface area (Å²) < 4.78 is 12.2. The number of aromatic nitrogens is 1. The zero-order chi connectivity index (χ0) is 8.27. The van der Waals surface area contributed by atoms with Crippen LogP contribution in [0.5, 0.6) is 0 Å². The van der Waals surface area contributed by atoms with E-state index in [0.717, 1.165) is 12.3 Å². The molecule has 1 aromatic heterocycles. The number of halogens is 1. The maximum atomic E-state index is 12.2. The Balaban J connectivity index is 2.90. The van der Waals surface area contributed by atoms with Gasteiger partial charge in [0.1, 0.15) is 0 Å². The molecule has 0 fully saturated rings. The highest BCUT2D eigenvalue weighted by Gasteiger charge is 2.02. The van der Waals surface area contributed by atoms with Crippen LogP contribution in [0, 0.1) is 5.95 Å². The predicted molar refractivity (Wildman–Crippen MR) is 35.8 cm³/mol. The lowest BCUT2D eigenvalue weighted by molar-refractivity contribution is 0.0953. The maximum absolute atomic E-state index is 12.2. The number of pyridine rings is 1. The molecular formula is C6H6FN3O. The summed E-state index contributed by atoms with van der Waals surface area (Å²) in [5.74, 6) is 3.71. The van der Waals surface area contributed by atoms with E-state index in [-0.39, 0.29) is 5.56 Å². The minimum Gasteiger partial charge on any atom is -0.290 e. The Hall–Kier alpha value is -1.49. The van der Waals surface area contributed by atoms with Crippen LogP contribution >= 0.6 is 0 Å².